The van der Waals surface area contributed by atoms with Crippen LogP contribution in [0.15, 0.2) is 100 Å². The molecule has 3 saturated heterocycles. The van der Waals surface area contributed by atoms with Crippen molar-refractivity contribution in [3.8, 4) is 62.9 Å². The van der Waals surface area contributed by atoms with Crippen molar-refractivity contribution in [2.24, 2.45) is 0 Å². The number of phenolic OH excluding ortho intramolecular Hbond substituents is 3. The first kappa shape index (κ1) is 55.9. The molecule has 4 heterocycles. The van der Waals surface area contributed by atoms with Crippen molar-refractivity contribution in [1.82, 2.24) is 0 Å². The molecule has 3 aromatic rings. The van der Waals surface area contributed by atoms with E-state index < -0.39 is 123 Å². The van der Waals surface area contributed by atoms with Crippen molar-refractivity contribution in [1.29, 1.82) is 0 Å². The Morgan fingerprint density at radius 3 is 1.87 bits per heavy atom. The topological polar surface area (TPSA) is 379 Å². The van der Waals surface area contributed by atoms with Gasteiger partial charge in [0.25, 0.3) is 0 Å². The van der Waals surface area contributed by atoms with Gasteiger partial charge in [0.15, 0.2) is 58.4 Å². The van der Waals surface area contributed by atoms with Gasteiger partial charge in [-0.05, 0) is 77.9 Å². The maximum atomic E-state index is 13.3. The summed E-state index contributed by atoms with van der Waals surface area (Å²) in [6.45, 7) is -2.18. The SMILES string of the molecule is COc1cc(C=CC(=O)OC[C@H]2O[C@@H](Oc3cc4c(O[C@@H]5O[C@H](CO)[C@@H](O)[C@H](O)[C@H]5O)cc(=O)cc-4oc3-c3ccc(O)cc3)[C@H](O[C@@H]3OC[C@@H](O)[C@H](O)[C@H]3OC(=O)C=Cc3ccc(O)c(OC)c3)[C@@H](O)[C@@H]2O)ccc1O. The van der Waals surface area contributed by atoms with Crippen molar-refractivity contribution < 1.29 is 118 Å². The lowest BCUT2D eigenvalue weighted by Gasteiger charge is -2.45. The predicted molar refractivity (Wildman–Crippen MR) is 259 cm³/mol. The number of aromatic hydroxyl groups is 3. The molecule has 0 bridgehead atoms. The summed E-state index contributed by atoms with van der Waals surface area (Å²) in [6.07, 6.45) is -21.0. The molecule has 8 rings (SSSR count). The van der Waals surface area contributed by atoms with Crippen molar-refractivity contribution in [2.75, 3.05) is 34.0 Å². The van der Waals surface area contributed by atoms with E-state index in [1.165, 1.54) is 93.1 Å². The number of aliphatic hydroxyl groups is 8. The molecule has 0 spiro atoms. The highest BCUT2D eigenvalue weighted by molar-refractivity contribution is 5.88. The molecule has 3 aromatic carbocycles. The fourth-order valence-electron chi connectivity index (χ4n) is 8.33. The summed E-state index contributed by atoms with van der Waals surface area (Å²) in [5, 5.41) is 117. The Kier molecular flexibility index (Phi) is 17.6. The Bertz CT molecular complexity index is 2940. The quantitative estimate of drug-likeness (QED) is 0.0428. The van der Waals surface area contributed by atoms with Crippen LogP contribution in [0, 0.1) is 0 Å². The number of ether oxygens (including phenoxy) is 10. The van der Waals surface area contributed by atoms with Crippen molar-refractivity contribution in [3.63, 3.8) is 0 Å². The van der Waals surface area contributed by atoms with E-state index in [-0.39, 0.29) is 62.9 Å². The number of esters is 2. The molecule has 5 aliphatic rings. The smallest absolute Gasteiger partial charge is 0.331 e. The monoisotopic (exact) mass is 1080 g/mol. The molecule has 0 unspecified atom stereocenters. The van der Waals surface area contributed by atoms with Gasteiger partial charge in [-0.3, -0.25) is 4.79 Å². The van der Waals surface area contributed by atoms with Gasteiger partial charge in [0.1, 0.15) is 78.8 Å². The highest BCUT2D eigenvalue weighted by Gasteiger charge is 2.52. The van der Waals surface area contributed by atoms with Gasteiger partial charge >= 0.3 is 11.9 Å². The Labute approximate surface area is 436 Å². The maximum Gasteiger partial charge on any atom is 0.331 e. The lowest BCUT2D eigenvalue weighted by Crippen LogP contribution is -2.64. The van der Waals surface area contributed by atoms with Crippen LogP contribution in [0.4, 0.5) is 0 Å². The summed E-state index contributed by atoms with van der Waals surface area (Å²) in [5.41, 5.74) is 0.198. The Balaban J connectivity index is 1.15. The summed E-state index contributed by atoms with van der Waals surface area (Å²) in [7, 11) is 2.65. The fourth-order valence-corrected chi connectivity index (χ4v) is 8.33. The Morgan fingerprint density at radius 1 is 0.623 bits per heavy atom. The summed E-state index contributed by atoms with van der Waals surface area (Å²) < 4.78 is 63.4. The van der Waals surface area contributed by atoms with Crippen LogP contribution < -0.4 is 24.4 Å². The molecule has 11 N–H and O–H groups in total. The van der Waals surface area contributed by atoms with Crippen LogP contribution in [-0.2, 0) is 38.0 Å². The first-order valence-electron chi connectivity index (χ1n) is 23.5. The zero-order valence-electron chi connectivity index (χ0n) is 40.7. The van der Waals surface area contributed by atoms with Gasteiger partial charge in [-0.2, -0.15) is 0 Å². The molecule has 77 heavy (non-hydrogen) atoms. The van der Waals surface area contributed by atoms with E-state index in [2.05, 4.69) is 0 Å². The van der Waals surface area contributed by atoms with E-state index in [0.29, 0.717) is 11.1 Å². The molecule has 0 aromatic heterocycles. The number of hydrogen-bond donors (Lipinski definition) is 11. The van der Waals surface area contributed by atoms with E-state index in [9.17, 15) is 70.6 Å². The van der Waals surface area contributed by atoms with Gasteiger partial charge in [0.05, 0.1) is 33.0 Å². The molecule has 25 heteroatoms. The van der Waals surface area contributed by atoms with Crippen LogP contribution in [-0.4, -0.2) is 188 Å². The largest absolute Gasteiger partial charge is 0.508 e. The lowest BCUT2D eigenvalue weighted by atomic mass is 9.98. The average molecular weight is 1080 g/mol. The van der Waals surface area contributed by atoms with Crippen LogP contribution in [0.1, 0.15) is 11.1 Å². The van der Waals surface area contributed by atoms with E-state index in [0.717, 1.165) is 24.3 Å². The molecule has 0 radical (unpaired) electrons. The Morgan fingerprint density at radius 2 is 1.23 bits per heavy atom. The van der Waals surface area contributed by atoms with Gasteiger partial charge in [-0.25, -0.2) is 9.59 Å². The number of carbonyl (C=O) groups is 2. The summed E-state index contributed by atoms with van der Waals surface area (Å²) in [5.74, 6) is -3.40. The number of fused-ring (bicyclic) bond motifs is 1. The maximum absolute atomic E-state index is 13.3. The third kappa shape index (κ3) is 12.7. The number of hydrogen-bond acceptors (Lipinski definition) is 25. The second-order valence-corrected chi connectivity index (χ2v) is 17.7. The molecule has 1 aliphatic carbocycles. The lowest BCUT2D eigenvalue weighted by molar-refractivity contribution is -0.345. The number of benzene rings is 4. The highest BCUT2D eigenvalue weighted by Crippen LogP contribution is 2.44. The third-order valence-electron chi connectivity index (χ3n) is 12.5. The normalized spacial score (nSPS) is 28.5. The van der Waals surface area contributed by atoms with Crippen LogP contribution in [0.25, 0.3) is 34.8 Å². The summed E-state index contributed by atoms with van der Waals surface area (Å²) in [6, 6.07) is 17.1. The molecular formula is C52H54O25. The highest BCUT2D eigenvalue weighted by atomic mass is 16.8. The number of aliphatic hydroxyl groups excluding tert-OH is 8. The third-order valence-corrected chi connectivity index (χ3v) is 12.5. The standard InChI is InChI=1S/C52H54O25/c1-67-34-15-23(3-11-29(34)56)5-13-39(59)69-22-38-43(63)45(65)49(77-51-48(41(61)31(58)21-70-51)76-40(60)14-6-24-4-12-30(57)35(16-24)68-2)52(75-38)73-36-19-28-32(71-47(36)25-7-9-26(54)10-8-25)17-27(55)18-33(28)72-50-46(66)44(64)42(62)37(20-53)74-50/h3-19,31,37-38,41-46,48-54,56-58,61-66H,20-22H2,1-2H3/t31-,37-,38-,41+,42-,43-,44+,45+,46-,48-,49-,50-,51+,52-/m1/s1. The molecule has 0 amide bonds. The Hall–Kier alpha value is -7.37. The van der Waals surface area contributed by atoms with Crippen molar-refractivity contribution >= 4 is 24.1 Å². The van der Waals surface area contributed by atoms with Crippen LogP contribution in [0.2, 0.25) is 0 Å². The molecular weight excluding hydrogens is 1020 g/mol. The molecule has 4 aliphatic heterocycles. The van der Waals surface area contributed by atoms with Crippen molar-refractivity contribution in [3.05, 3.63) is 112 Å². The second-order valence-electron chi connectivity index (χ2n) is 17.7. The predicted octanol–water partition coefficient (Wildman–Crippen LogP) is -0.105. The van der Waals surface area contributed by atoms with Crippen LogP contribution in [0.3, 0.4) is 0 Å². The van der Waals surface area contributed by atoms with Gasteiger partial charge < -0.3 is 108 Å². The average Bonchev–Trinajstić information content (AvgIpc) is 3.45. The van der Waals surface area contributed by atoms with E-state index in [1.807, 2.05) is 0 Å². The van der Waals surface area contributed by atoms with Gasteiger partial charge in [0.2, 0.25) is 12.6 Å². The summed E-state index contributed by atoms with van der Waals surface area (Å²) in [4.78, 5) is 39.5. The van der Waals surface area contributed by atoms with Gasteiger partial charge in [-0.15, -0.1) is 0 Å². The van der Waals surface area contributed by atoms with Crippen LogP contribution >= 0.6 is 0 Å². The molecule has 412 valence electrons. The van der Waals surface area contributed by atoms with Gasteiger partial charge in [-0.1, -0.05) is 12.1 Å². The first-order valence-corrected chi connectivity index (χ1v) is 23.5. The van der Waals surface area contributed by atoms with E-state index in [1.54, 1.807) is 0 Å². The van der Waals surface area contributed by atoms with E-state index >= 15 is 0 Å². The number of carbonyl (C=O) groups excluding carboxylic acids is 2. The minimum atomic E-state index is -2.09. The van der Waals surface area contributed by atoms with Crippen molar-refractivity contribution in [2.45, 2.75) is 86.0 Å². The number of phenols is 3. The minimum Gasteiger partial charge on any atom is -0.508 e. The first-order chi connectivity index (χ1) is 36.8. The minimum absolute atomic E-state index is 0.0880. The number of methoxy groups -OCH3 is 2. The molecule has 14 atom stereocenters. The zero-order chi connectivity index (χ0) is 55.2. The zero-order valence-corrected chi connectivity index (χ0v) is 40.7. The second kappa shape index (κ2) is 24.3. The summed E-state index contributed by atoms with van der Waals surface area (Å²) >= 11 is 0. The molecule has 3 fully saturated rings. The molecule has 25 nitrogen and oxygen atoms in total. The van der Waals surface area contributed by atoms with E-state index in [4.69, 9.17) is 51.8 Å². The fraction of sp³-hybridized carbons (Fsp3) is 0.365. The van der Waals surface area contributed by atoms with Crippen LogP contribution in [0.5, 0.6) is 40.2 Å². The van der Waals surface area contributed by atoms with Gasteiger partial charge in [0, 0.05) is 29.8 Å². The number of rotatable bonds is 17. The molecule has 0 saturated carbocycles.